The van der Waals surface area contributed by atoms with E-state index in [2.05, 4.69) is 11.8 Å². The van der Waals surface area contributed by atoms with E-state index in [-0.39, 0.29) is 12.7 Å². The van der Waals surface area contributed by atoms with Crippen molar-refractivity contribution in [2.75, 3.05) is 24.6 Å². The molecule has 0 aromatic heterocycles. The van der Waals surface area contributed by atoms with Crippen molar-refractivity contribution in [3.05, 3.63) is 36.4 Å². The van der Waals surface area contributed by atoms with Crippen LogP contribution in [0.4, 0.5) is 18.9 Å². The number of rotatable bonds is 9. The Hall–Kier alpha value is -1.65. The average Bonchev–Trinajstić information content (AvgIpc) is 2.63. The van der Waals surface area contributed by atoms with E-state index in [1.807, 2.05) is 24.3 Å². The number of alkyl halides is 3. The number of piperidine rings is 1. The monoisotopic (exact) mass is 369 g/mol. The Bertz CT molecular complexity index is 531. The summed E-state index contributed by atoms with van der Waals surface area (Å²) in [5, 5.41) is 0. The summed E-state index contributed by atoms with van der Waals surface area (Å²) in [6, 6.07) is 7.63. The number of anilines is 1. The smallest absolute Gasteiger partial charge is 0.409 e. The molecule has 1 saturated heterocycles. The zero-order chi connectivity index (χ0) is 18.8. The highest BCUT2D eigenvalue weighted by Crippen LogP contribution is 2.28. The molecule has 1 fully saturated rings. The third-order valence-electron chi connectivity index (χ3n) is 4.94. The molecule has 1 aromatic carbocycles. The van der Waals surface area contributed by atoms with Gasteiger partial charge in [0.05, 0.1) is 0 Å². The lowest BCUT2D eigenvalue weighted by Gasteiger charge is -2.33. The van der Waals surface area contributed by atoms with E-state index in [1.54, 1.807) is 0 Å². The molecule has 146 valence electrons. The minimum atomic E-state index is -4.28. The van der Waals surface area contributed by atoms with Gasteiger partial charge in [-0.1, -0.05) is 39.0 Å². The molecule has 0 bridgehead atoms. The molecular weight excluding hydrogens is 339 g/mol. The van der Waals surface area contributed by atoms with Gasteiger partial charge >= 0.3 is 6.18 Å². The first-order valence-corrected chi connectivity index (χ1v) is 9.70. The molecule has 2 nitrogen and oxygen atoms in total. The second-order valence-corrected chi connectivity index (χ2v) is 7.03. The maximum Gasteiger partial charge on any atom is 0.409 e. The third kappa shape index (κ3) is 7.71. The second-order valence-electron chi connectivity index (χ2n) is 7.03. The van der Waals surface area contributed by atoms with E-state index in [0.29, 0.717) is 5.75 Å². The molecule has 0 unspecified atom stereocenters. The lowest BCUT2D eigenvalue weighted by Crippen LogP contribution is -2.33. The maximum atomic E-state index is 12.0. The highest BCUT2D eigenvalue weighted by Gasteiger charge is 2.21. The summed E-state index contributed by atoms with van der Waals surface area (Å²) >= 11 is 0. The summed E-state index contributed by atoms with van der Waals surface area (Å²) in [6.07, 6.45) is 6.09. The fraction of sp³-hybridized carbons (Fsp3) is 0.619. The molecule has 0 N–H and O–H groups in total. The topological polar surface area (TPSA) is 12.5 Å². The number of benzene rings is 1. The Morgan fingerprint density at radius 1 is 1.08 bits per heavy atom. The van der Waals surface area contributed by atoms with Gasteiger partial charge in [-0.2, -0.15) is 13.2 Å². The number of ether oxygens (including phenoxy) is 1. The van der Waals surface area contributed by atoms with Crippen molar-refractivity contribution in [3.8, 4) is 5.75 Å². The molecular formula is C21H30F3NO. The Kier molecular flexibility index (Phi) is 8.33. The van der Waals surface area contributed by atoms with Crippen LogP contribution in [-0.4, -0.2) is 25.9 Å². The SMILES string of the molecule is CCCCCCC1CCN(c2ccc(OC/C=C/C(F)(F)F)cc2)CC1. The lowest BCUT2D eigenvalue weighted by molar-refractivity contribution is -0.0801. The van der Waals surface area contributed by atoms with Crippen molar-refractivity contribution in [2.24, 2.45) is 5.92 Å². The van der Waals surface area contributed by atoms with Gasteiger partial charge in [0.1, 0.15) is 12.4 Å². The standard InChI is InChI=1S/C21H30F3NO/c1-2-3-4-5-7-18-12-15-25(16-13-18)19-8-10-20(11-9-19)26-17-6-14-21(22,23)24/h6,8-11,14,18H,2-5,7,12-13,15-17H2,1H3/b14-6+. The van der Waals surface area contributed by atoms with E-state index in [4.69, 9.17) is 4.74 Å². The van der Waals surface area contributed by atoms with Crippen molar-refractivity contribution in [1.82, 2.24) is 0 Å². The molecule has 2 rings (SSSR count). The Morgan fingerprint density at radius 2 is 1.77 bits per heavy atom. The summed E-state index contributed by atoms with van der Waals surface area (Å²) in [5.41, 5.74) is 1.16. The van der Waals surface area contributed by atoms with E-state index in [9.17, 15) is 13.2 Å². The highest BCUT2D eigenvalue weighted by molar-refractivity contribution is 5.49. The van der Waals surface area contributed by atoms with Crippen LogP contribution in [0.3, 0.4) is 0 Å². The van der Waals surface area contributed by atoms with E-state index in [1.165, 1.54) is 44.9 Å². The zero-order valence-electron chi connectivity index (χ0n) is 15.6. The van der Waals surface area contributed by atoms with Crippen LogP contribution in [0.5, 0.6) is 5.75 Å². The first kappa shape index (κ1) is 20.7. The maximum absolute atomic E-state index is 12.0. The van der Waals surface area contributed by atoms with Crippen molar-refractivity contribution >= 4 is 5.69 Å². The molecule has 0 aliphatic carbocycles. The van der Waals surface area contributed by atoms with Gasteiger partial charge in [0.25, 0.3) is 0 Å². The first-order chi connectivity index (χ1) is 12.5. The van der Waals surface area contributed by atoms with Gasteiger partial charge in [0.15, 0.2) is 0 Å². The van der Waals surface area contributed by atoms with Crippen LogP contribution < -0.4 is 9.64 Å². The van der Waals surface area contributed by atoms with Gasteiger partial charge in [-0.05, 0) is 49.1 Å². The summed E-state index contributed by atoms with van der Waals surface area (Å²) in [6.45, 7) is 4.32. The predicted molar refractivity (Wildman–Crippen MR) is 101 cm³/mol. The van der Waals surface area contributed by atoms with Crippen LogP contribution >= 0.6 is 0 Å². The number of hydrogen-bond donors (Lipinski definition) is 0. The van der Waals surface area contributed by atoms with Crippen molar-refractivity contribution in [2.45, 2.75) is 58.0 Å². The Morgan fingerprint density at radius 3 is 2.38 bits per heavy atom. The lowest BCUT2D eigenvalue weighted by atomic mass is 9.91. The number of halogens is 3. The summed E-state index contributed by atoms with van der Waals surface area (Å²) in [4.78, 5) is 2.38. The quantitative estimate of drug-likeness (QED) is 0.370. The van der Waals surface area contributed by atoms with Crippen LogP contribution in [0.15, 0.2) is 36.4 Å². The molecule has 26 heavy (non-hydrogen) atoms. The van der Waals surface area contributed by atoms with Gasteiger partial charge in [0.2, 0.25) is 0 Å². The fourth-order valence-electron chi connectivity index (χ4n) is 3.42. The Labute approximate surface area is 155 Å². The minimum Gasteiger partial charge on any atom is -0.490 e. The highest BCUT2D eigenvalue weighted by atomic mass is 19.4. The number of unbranched alkanes of at least 4 members (excludes halogenated alkanes) is 3. The summed E-state index contributed by atoms with van der Waals surface area (Å²) in [5.74, 6) is 1.44. The summed E-state index contributed by atoms with van der Waals surface area (Å²) < 4.78 is 41.4. The second kappa shape index (κ2) is 10.5. The average molecular weight is 369 g/mol. The van der Waals surface area contributed by atoms with Gasteiger partial charge < -0.3 is 9.64 Å². The summed E-state index contributed by atoms with van der Waals surface area (Å²) in [7, 11) is 0. The molecule has 0 amide bonds. The minimum absolute atomic E-state index is 0.0811. The normalized spacial score (nSPS) is 16.4. The largest absolute Gasteiger partial charge is 0.490 e. The molecule has 0 radical (unpaired) electrons. The van der Waals surface area contributed by atoms with E-state index in [0.717, 1.165) is 30.8 Å². The van der Waals surface area contributed by atoms with Crippen LogP contribution in [0.1, 0.15) is 51.9 Å². The van der Waals surface area contributed by atoms with E-state index >= 15 is 0 Å². The predicted octanol–water partition coefficient (Wildman–Crippen LogP) is 6.37. The Balaban J connectivity index is 1.71. The molecule has 1 aliphatic heterocycles. The van der Waals surface area contributed by atoms with Gasteiger partial charge in [-0.15, -0.1) is 0 Å². The van der Waals surface area contributed by atoms with Crippen molar-refractivity contribution < 1.29 is 17.9 Å². The van der Waals surface area contributed by atoms with Gasteiger partial charge in [-0.3, -0.25) is 0 Å². The third-order valence-corrected chi connectivity index (χ3v) is 4.94. The van der Waals surface area contributed by atoms with E-state index < -0.39 is 6.18 Å². The van der Waals surface area contributed by atoms with Crippen molar-refractivity contribution in [3.63, 3.8) is 0 Å². The zero-order valence-corrected chi connectivity index (χ0v) is 15.6. The fourth-order valence-corrected chi connectivity index (χ4v) is 3.42. The molecule has 5 heteroatoms. The van der Waals surface area contributed by atoms with Gasteiger partial charge in [-0.25, -0.2) is 0 Å². The van der Waals surface area contributed by atoms with Crippen LogP contribution in [-0.2, 0) is 0 Å². The number of hydrogen-bond acceptors (Lipinski definition) is 2. The first-order valence-electron chi connectivity index (χ1n) is 9.70. The number of nitrogens with zero attached hydrogens (tertiary/aromatic N) is 1. The van der Waals surface area contributed by atoms with Crippen LogP contribution in [0, 0.1) is 5.92 Å². The molecule has 1 aliphatic rings. The molecule has 0 spiro atoms. The molecule has 1 aromatic rings. The van der Waals surface area contributed by atoms with Crippen LogP contribution in [0.2, 0.25) is 0 Å². The number of allylic oxidation sites excluding steroid dienone is 1. The molecule has 0 atom stereocenters. The molecule has 1 heterocycles. The van der Waals surface area contributed by atoms with Crippen LogP contribution in [0.25, 0.3) is 0 Å². The van der Waals surface area contributed by atoms with Gasteiger partial charge in [0, 0.05) is 24.9 Å². The van der Waals surface area contributed by atoms with Crippen molar-refractivity contribution in [1.29, 1.82) is 0 Å². The molecule has 0 saturated carbocycles.